The van der Waals surface area contributed by atoms with Crippen LogP contribution in [0.4, 0.5) is 22.7 Å². The fraction of sp³-hybridized carbons (Fsp3) is 0.417. The first-order valence-corrected chi connectivity index (χ1v) is 15.8. The number of carbonyl (C=O) groups is 1. The summed E-state index contributed by atoms with van der Waals surface area (Å²) < 4.78 is 8.62. The van der Waals surface area contributed by atoms with E-state index in [1.165, 1.54) is 32.1 Å². The molecule has 0 aliphatic carbocycles. The van der Waals surface area contributed by atoms with Crippen molar-refractivity contribution in [1.82, 2.24) is 9.21 Å². The average molecular weight is 569 g/mol. The van der Waals surface area contributed by atoms with Crippen LogP contribution in [0.5, 0.6) is 5.75 Å². The molecule has 4 aromatic rings. The molecule has 0 spiro atoms. The molecule has 1 unspecified atom stereocenters. The molecule has 2 heterocycles. The Balaban J connectivity index is 1.73. The van der Waals surface area contributed by atoms with Gasteiger partial charge in [0.2, 0.25) is 17.1 Å². The van der Waals surface area contributed by atoms with E-state index in [0.29, 0.717) is 12.2 Å². The number of aromatic nitrogens is 1. The Kier molecular flexibility index (Phi) is 9.22. The molecule has 6 heteroatoms. The van der Waals surface area contributed by atoms with Crippen molar-refractivity contribution >= 4 is 39.6 Å². The van der Waals surface area contributed by atoms with Crippen LogP contribution in [0.1, 0.15) is 82.3 Å². The van der Waals surface area contributed by atoms with Gasteiger partial charge in [-0.15, -0.1) is 0 Å². The molecule has 0 fully saturated rings. The lowest BCUT2D eigenvalue weighted by molar-refractivity contribution is -0.0148. The first-order valence-electron chi connectivity index (χ1n) is 15.8. The normalized spacial score (nSPS) is 16.1. The number of aryl methyl sites for hydroxylation is 1. The number of carbonyl (C=O) groups excluding carboxylic acids is 1. The van der Waals surface area contributed by atoms with Gasteiger partial charge in [0, 0.05) is 43.5 Å². The van der Waals surface area contributed by atoms with Gasteiger partial charge in [0.15, 0.2) is 5.75 Å². The van der Waals surface area contributed by atoms with Gasteiger partial charge < -0.3 is 14.2 Å². The average Bonchev–Trinajstić information content (AvgIpc) is 3.46. The van der Waals surface area contributed by atoms with Crippen molar-refractivity contribution in [1.29, 1.82) is 0 Å². The highest BCUT2D eigenvalue weighted by Crippen LogP contribution is 2.57. The summed E-state index contributed by atoms with van der Waals surface area (Å²) >= 11 is 0. The molecular weight excluding hydrogens is 522 g/mol. The number of rotatable bonds is 14. The van der Waals surface area contributed by atoms with E-state index in [-0.39, 0.29) is 10.6 Å². The van der Waals surface area contributed by atoms with E-state index >= 15 is 0 Å². The molecule has 1 aromatic heterocycles. The van der Waals surface area contributed by atoms with Crippen LogP contribution in [0.25, 0.3) is 10.9 Å². The number of ether oxygens (including phenoxy) is 1. The molecule has 42 heavy (non-hydrogen) atoms. The van der Waals surface area contributed by atoms with Crippen molar-refractivity contribution in [2.24, 2.45) is 0 Å². The number of hydrogen-bond acceptors (Lipinski definition) is 4. The summed E-state index contributed by atoms with van der Waals surface area (Å²) in [6.07, 6.45) is 7.44. The first-order chi connectivity index (χ1) is 20.5. The van der Waals surface area contributed by atoms with Crippen molar-refractivity contribution in [2.45, 2.75) is 79.7 Å². The summed E-state index contributed by atoms with van der Waals surface area (Å²) in [5, 5.41) is 1.08. The molecule has 1 aliphatic rings. The van der Waals surface area contributed by atoms with Gasteiger partial charge in [-0.05, 0) is 63.0 Å². The Morgan fingerprint density at radius 2 is 1.55 bits per heavy atom. The molecule has 1 atom stereocenters. The van der Waals surface area contributed by atoms with Crippen LogP contribution in [-0.4, -0.2) is 30.2 Å². The monoisotopic (exact) mass is 568 g/mol. The summed E-state index contributed by atoms with van der Waals surface area (Å²) in [6, 6.07) is 22.6. The minimum Gasteiger partial charge on any atom is -0.488 e. The van der Waals surface area contributed by atoms with Crippen LogP contribution in [-0.2, 0) is 11.4 Å². The predicted molar refractivity (Wildman–Crippen MR) is 174 cm³/mol. The highest BCUT2D eigenvalue weighted by Gasteiger charge is 2.55. The first kappa shape index (κ1) is 29.7. The summed E-state index contributed by atoms with van der Waals surface area (Å²) in [6.45, 7) is 14.0. The lowest BCUT2D eigenvalue weighted by Crippen LogP contribution is -2.37. The summed E-state index contributed by atoms with van der Waals surface area (Å²) in [4.78, 5) is 22.5. The Hall–Kier alpha value is -3.77. The SMILES string of the molecule is CCCCCCCCn1c(C)c([N+]2(c3ccc(N(CC)CC)cc3OCC)OC(=O)c3ccccc32)c2ccccc21. The maximum atomic E-state index is 13.6. The Morgan fingerprint density at radius 1 is 0.833 bits per heavy atom. The van der Waals surface area contributed by atoms with Crippen molar-refractivity contribution in [3.8, 4) is 5.75 Å². The van der Waals surface area contributed by atoms with Crippen LogP contribution in [0.15, 0.2) is 66.7 Å². The summed E-state index contributed by atoms with van der Waals surface area (Å²) in [7, 11) is 0. The third kappa shape index (κ3) is 5.17. The predicted octanol–water partition coefficient (Wildman–Crippen LogP) is 9.61. The zero-order valence-electron chi connectivity index (χ0n) is 26.0. The fourth-order valence-electron chi connectivity index (χ4n) is 6.58. The molecule has 0 saturated carbocycles. The molecule has 6 nitrogen and oxygen atoms in total. The minimum absolute atomic E-state index is 0.154. The van der Waals surface area contributed by atoms with Gasteiger partial charge in [-0.25, -0.2) is 4.79 Å². The number of para-hydroxylation sites is 2. The molecule has 0 N–H and O–H groups in total. The van der Waals surface area contributed by atoms with Crippen LogP contribution >= 0.6 is 0 Å². The number of fused-ring (bicyclic) bond motifs is 2. The molecule has 5 rings (SSSR count). The topological polar surface area (TPSA) is 43.7 Å². The van der Waals surface area contributed by atoms with E-state index in [4.69, 9.17) is 9.57 Å². The molecule has 0 amide bonds. The third-order valence-electron chi connectivity index (χ3n) is 8.64. The van der Waals surface area contributed by atoms with Gasteiger partial charge in [0.25, 0.3) is 0 Å². The smallest absolute Gasteiger partial charge is 0.405 e. The maximum absolute atomic E-state index is 13.6. The van der Waals surface area contributed by atoms with Crippen molar-refractivity contribution in [3.63, 3.8) is 0 Å². The van der Waals surface area contributed by atoms with Gasteiger partial charge in [-0.3, -0.25) is 4.84 Å². The van der Waals surface area contributed by atoms with Crippen molar-refractivity contribution in [3.05, 3.63) is 78.0 Å². The quantitative estimate of drug-likeness (QED) is 0.112. The van der Waals surface area contributed by atoms with E-state index in [0.717, 1.165) is 71.2 Å². The van der Waals surface area contributed by atoms with Gasteiger partial charge in [-0.1, -0.05) is 63.3 Å². The molecule has 222 valence electrons. The van der Waals surface area contributed by atoms with Crippen LogP contribution in [0.2, 0.25) is 0 Å². The highest BCUT2D eigenvalue weighted by molar-refractivity contribution is 6.06. The van der Waals surface area contributed by atoms with Gasteiger partial charge >= 0.3 is 5.97 Å². The lowest BCUT2D eigenvalue weighted by atomic mass is 10.1. The maximum Gasteiger partial charge on any atom is 0.405 e. The second-order valence-electron chi connectivity index (χ2n) is 11.1. The number of quaternary nitrogens is 1. The van der Waals surface area contributed by atoms with Gasteiger partial charge in [-0.2, -0.15) is 0 Å². The number of unbranched alkanes of at least 4 members (excludes halogenated alkanes) is 5. The lowest BCUT2D eigenvalue weighted by Gasteiger charge is -2.31. The van der Waals surface area contributed by atoms with E-state index in [2.05, 4.69) is 79.6 Å². The second kappa shape index (κ2) is 13.0. The summed E-state index contributed by atoms with van der Waals surface area (Å²) in [5.41, 5.74) is 6.51. The van der Waals surface area contributed by atoms with Crippen LogP contribution < -0.4 is 14.3 Å². The fourth-order valence-corrected chi connectivity index (χ4v) is 6.58. The van der Waals surface area contributed by atoms with E-state index < -0.39 is 0 Å². The highest BCUT2D eigenvalue weighted by atomic mass is 16.8. The molecule has 0 saturated heterocycles. The van der Waals surface area contributed by atoms with Crippen LogP contribution in [0, 0.1) is 6.92 Å². The molecule has 0 radical (unpaired) electrons. The number of hydrogen-bond donors (Lipinski definition) is 0. The zero-order valence-corrected chi connectivity index (χ0v) is 26.0. The van der Waals surface area contributed by atoms with Crippen molar-refractivity contribution in [2.75, 3.05) is 24.6 Å². The van der Waals surface area contributed by atoms with E-state index in [1.807, 2.05) is 31.2 Å². The number of benzene rings is 3. The van der Waals surface area contributed by atoms with Gasteiger partial charge in [0.05, 0.1) is 23.2 Å². The molecule has 1 aliphatic heterocycles. The molecular formula is C36H46N3O3+. The van der Waals surface area contributed by atoms with Crippen LogP contribution in [0.3, 0.4) is 0 Å². The largest absolute Gasteiger partial charge is 0.488 e. The summed E-state index contributed by atoms with van der Waals surface area (Å²) in [5.74, 6) is 0.395. The zero-order chi connectivity index (χ0) is 29.7. The second-order valence-corrected chi connectivity index (χ2v) is 11.1. The number of anilines is 1. The Labute approximate surface area is 251 Å². The molecule has 0 bridgehead atoms. The standard InChI is InChI=1S/C36H46N3O3/c1-6-10-11-12-13-18-25-38-27(5)35(29-19-14-16-21-31(29)38)39(32-22-17-15-20-30(32)36(40)42-39)33-24-23-28(37(7-2)8-3)26-34(33)41-9-4/h14-17,19-24,26H,6-13,18,25H2,1-5H3/q+1. The Morgan fingerprint density at radius 3 is 2.31 bits per heavy atom. The number of nitrogens with zero attached hydrogens (tertiary/aromatic N) is 3. The Bertz CT molecular complexity index is 1540. The van der Waals surface area contributed by atoms with Gasteiger partial charge in [0.1, 0.15) is 5.56 Å². The van der Waals surface area contributed by atoms with Crippen molar-refractivity contribution < 1.29 is 14.4 Å². The minimum atomic E-state index is -0.326. The van der Waals surface area contributed by atoms with E-state index in [9.17, 15) is 4.79 Å². The third-order valence-corrected chi connectivity index (χ3v) is 8.64. The van der Waals surface area contributed by atoms with E-state index in [1.54, 1.807) is 0 Å². The molecule has 3 aromatic carbocycles.